The van der Waals surface area contributed by atoms with Gasteiger partial charge in [0.2, 0.25) is 11.6 Å². The lowest BCUT2D eigenvalue weighted by atomic mass is 10.3. The fourth-order valence-electron chi connectivity index (χ4n) is 1.57. The number of ether oxygens (including phenoxy) is 1. The lowest BCUT2D eigenvalue weighted by Gasteiger charge is -2.07. The van der Waals surface area contributed by atoms with Gasteiger partial charge in [0.05, 0.1) is 17.3 Å². The maximum atomic E-state index is 11.0. The largest absolute Gasteiger partial charge is 0.430 e. The van der Waals surface area contributed by atoms with E-state index in [9.17, 15) is 10.1 Å². The SMILES string of the molecule is CCCNc1cncc(Oc2cc(Cl)ccc2[N+](=O)[O-])n1. The molecule has 0 aliphatic rings. The van der Waals surface area contributed by atoms with Gasteiger partial charge in [-0.1, -0.05) is 18.5 Å². The number of aromatic nitrogens is 2. The van der Waals surface area contributed by atoms with Crippen molar-refractivity contribution in [2.75, 3.05) is 11.9 Å². The van der Waals surface area contributed by atoms with Gasteiger partial charge in [-0.25, -0.2) is 0 Å². The zero-order valence-corrected chi connectivity index (χ0v) is 12.0. The van der Waals surface area contributed by atoms with E-state index in [0.29, 0.717) is 10.8 Å². The van der Waals surface area contributed by atoms with Crippen LogP contribution in [0.25, 0.3) is 0 Å². The van der Waals surface area contributed by atoms with Crippen molar-refractivity contribution >= 4 is 23.1 Å². The van der Waals surface area contributed by atoms with Crippen LogP contribution in [0.1, 0.15) is 13.3 Å². The van der Waals surface area contributed by atoms with Crippen LogP contribution in [-0.2, 0) is 0 Å². The molecule has 0 aliphatic heterocycles. The molecule has 0 radical (unpaired) electrons. The Hall–Kier alpha value is -2.41. The third kappa shape index (κ3) is 4.03. The van der Waals surface area contributed by atoms with Gasteiger partial charge in [0.1, 0.15) is 5.82 Å². The summed E-state index contributed by atoms with van der Waals surface area (Å²) in [4.78, 5) is 18.6. The van der Waals surface area contributed by atoms with E-state index in [4.69, 9.17) is 16.3 Å². The smallest absolute Gasteiger partial charge is 0.311 e. The van der Waals surface area contributed by atoms with Crippen LogP contribution < -0.4 is 10.1 Å². The summed E-state index contributed by atoms with van der Waals surface area (Å²) in [6.07, 6.45) is 3.86. The van der Waals surface area contributed by atoms with E-state index in [1.807, 2.05) is 6.92 Å². The van der Waals surface area contributed by atoms with Gasteiger partial charge in [0.15, 0.2) is 0 Å². The summed E-state index contributed by atoms with van der Waals surface area (Å²) in [6.45, 7) is 2.77. The number of nitrogens with one attached hydrogen (secondary N) is 1. The highest BCUT2D eigenvalue weighted by Crippen LogP contribution is 2.33. The lowest BCUT2D eigenvalue weighted by molar-refractivity contribution is -0.385. The topological polar surface area (TPSA) is 90.2 Å². The highest BCUT2D eigenvalue weighted by atomic mass is 35.5. The number of anilines is 1. The monoisotopic (exact) mass is 308 g/mol. The first-order valence-corrected chi connectivity index (χ1v) is 6.65. The molecule has 0 unspecified atom stereocenters. The molecule has 110 valence electrons. The first-order valence-electron chi connectivity index (χ1n) is 6.28. The quantitative estimate of drug-likeness (QED) is 0.647. The summed E-state index contributed by atoms with van der Waals surface area (Å²) in [5.41, 5.74) is -0.187. The fraction of sp³-hybridized carbons (Fsp3) is 0.231. The van der Waals surface area contributed by atoms with Gasteiger partial charge in [0.25, 0.3) is 0 Å². The molecular weight excluding hydrogens is 296 g/mol. The average Bonchev–Trinajstić information content (AvgIpc) is 2.45. The van der Waals surface area contributed by atoms with Crippen molar-refractivity contribution < 1.29 is 9.66 Å². The second-order valence-corrected chi connectivity index (χ2v) is 4.58. The Morgan fingerprint density at radius 2 is 2.24 bits per heavy atom. The van der Waals surface area contributed by atoms with Crippen LogP contribution in [0.5, 0.6) is 11.6 Å². The van der Waals surface area contributed by atoms with Crippen molar-refractivity contribution in [1.82, 2.24) is 9.97 Å². The van der Waals surface area contributed by atoms with Gasteiger partial charge in [-0.2, -0.15) is 4.98 Å². The molecule has 1 aromatic carbocycles. The summed E-state index contributed by atoms with van der Waals surface area (Å²) >= 11 is 5.84. The predicted octanol–water partition coefficient (Wildman–Crippen LogP) is 3.65. The molecule has 0 spiro atoms. The van der Waals surface area contributed by atoms with Gasteiger partial charge in [-0.15, -0.1) is 0 Å². The summed E-state index contributed by atoms with van der Waals surface area (Å²) in [5.74, 6) is 0.718. The number of halogens is 1. The number of rotatable bonds is 6. The third-order valence-electron chi connectivity index (χ3n) is 2.50. The second kappa shape index (κ2) is 6.85. The Labute approximate surface area is 126 Å². The Balaban J connectivity index is 2.25. The molecule has 1 aromatic heterocycles. The van der Waals surface area contributed by atoms with Crippen molar-refractivity contribution in [2.24, 2.45) is 0 Å². The normalized spacial score (nSPS) is 10.2. The maximum Gasteiger partial charge on any atom is 0.311 e. The summed E-state index contributed by atoms with van der Waals surface area (Å²) < 4.78 is 5.43. The fourth-order valence-corrected chi connectivity index (χ4v) is 1.73. The van der Waals surface area contributed by atoms with Crippen LogP contribution >= 0.6 is 11.6 Å². The molecule has 8 heteroatoms. The van der Waals surface area contributed by atoms with Gasteiger partial charge in [-0.05, 0) is 12.5 Å². The van der Waals surface area contributed by atoms with E-state index in [-0.39, 0.29) is 17.3 Å². The molecule has 1 heterocycles. The van der Waals surface area contributed by atoms with Crippen molar-refractivity contribution in [3.63, 3.8) is 0 Å². The molecule has 0 fully saturated rings. The number of nitro benzene ring substituents is 1. The summed E-state index contributed by atoms with van der Waals surface area (Å²) in [6, 6.07) is 4.08. The molecule has 0 atom stereocenters. The van der Waals surface area contributed by atoms with Crippen LogP contribution in [0, 0.1) is 10.1 Å². The Morgan fingerprint density at radius 1 is 1.43 bits per heavy atom. The van der Waals surface area contributed by atoms with E-state index in [1.54, 1.807) is 6.20 Å². The van der Waals surface area contributed by atoms with E-state index < -0.39 is 4.92 Å². The first-order chi connectivity index (χ1) is 10.1. The van der Waals surface area contributed by atoms with Crippen molar-refractivity contribution in [2.45, 2.75) is 13.3 Å². The van der Waals surface area contributed by atoms with Gasteiger partial charge < -0.3 is 10.1 Å². The van der Waals surface area contributed by atoms with Gasteiger partial charge >= 0.3 is 5.69 Å². The van der Waals surface area contributed by atoms with Crippen LogP contribution in [0.15, 0.2) is 30.6 Å². The average molecular weight is 309 g/mol. The van der Waals surface area contributed by atoms with Crippen molar-refractivity contribution in [1.29, 1.82) is 0 Å². The van der Waals surface area contributed by atoms with Gasteiger partial charge in [-0.3, -0.25) is 15.1 Å². The maximum absolute atomic E-state index is 11.0. The number of hydrogen-bond donors (Lipinski definition) is 1. The number of nitro groups is 1. The van der Waals surface area contributed by atoms with Crippen molar-refractivity contribution in [3.8, 4) is 11.6 Å². The molecule has 7 nitrogen and oxygen atoms in total. The van der Waals surface area contributed by atoms with E-state index in [2.05, 4.69) is 15.3 Å². The first kappa shape index (κ1) is 15.0. The third-order valence-corrected chi connectivity index (χ3v) is 2.74. The Morgan fingerprint density at radius 3 is 2.95 bits per heavy atom. The van der Waals surface area contributed by atoms with Crippen LogP contribution in [0.3, 0.4) is 0 Å². The molecule has 0 saturated heterocycles. The Kier molecular flexibility index (Phi) is 4.89. The molecule has 21 heavy (non-hydrogen) atoms. The molecular formula is C13H13ClN4O3. The molecule has 0 amide bonds. The number of nitrogens with zero attached hydrogens (tertiary/aromatic N) is 3. The zero-order valence-electron chi connectivity index (χ0n) is 11.2. The molecule has 2 aromatic rings. The molecule has 0 aliphatic carbocycles. The molecule has 0 saturated carbocycles. The minimum atomic E-state index is -0.543. The highest BCUT2D eigenvalue weighted by molar-refractivity contribution is 6.30. The second-order valence-electron chi connectivity index (χ2n) is 4.14. The lowest BCUT2D eigenvalue weighted by Crippen LogP contribution is -2.03. The minimum absolute atomic E-state index is 0.0226. The van der Waals surface area contributed by atoms with E-state index in [1.165, 1.54) is 24.4 Å². The zero-order chi connectivity index (χ0) is 15.2. The van der Waals surface area contributed by atoms with Gasteiger partial charge in [0, 0.05) is 23.7 Å². The molecule has 0 bridgehead atoms. The minimum Gasteiger partial charge on any atom is -0.430 e. The summed E-state index contributed by atoms with van der Waals surface area (Å²) in [5, 5.41) is 14.4. The Bertz CT molecular complexity index is 651. The highest BCUT2D eigenvalue weighted by Gasteiger charge is 2.17. The predicted molar refractivity (Wildman–Crippen MR) is 79.0 cm³/mol. The van der Waals surface area contributed by atoms with Crippen molar-refractivity contribution in [3.05, 3.63) is 45.7 Å². The molecule has 1 N–H and O–H groups in total. The molecule has 2 rings (SSSR count). The van der Waals surface area contributed by atoms with Crippen LogP contribution in [-0.4, -0.2) is 21.4 Å². The summed E-state index contributed by atoms with van der Waals surface area (Å²) in [7, 11) is 0. The number of benzene rings is 1. The van der Waals surface area contributed by atoms with E-state index in [0.717, 1.165) is 13.0 Å². The van der Waals surface area contributed by atoms with Crippen LogP contribution in [0.2, 0.25) is 5.02 Å². The number of hydrogen-bond acceptors (Lipinski definition) is 6. The standard InChI is InChI=1S/C13H13ClN4O3/c1-2-5-16-12-7-15-8-13(17-12)21-11-6-9(14)3-4-10(11)18(19)20/h3-4,6-8H,2,5H2,1H3,(H,16,17). The van der Waals surface area contributed by atoms with Crippen LogP contribution in [0.4, 0.5) is 11.5 Å². The van der Waals surface area contributed by atoms with E-state index >= 15 is 0 Å².